The highest BCUT2D eigenvalue weighted by molar-refractivity contribution is 9.10. The molecule has 0 aromatic heterocycles. The van der Waals surface area contributed by atoms with Gasteiger partial charge >= 0.3 is 0 Å². The lowest BCUT2D eigenvalue weighted by Gasteiger charge is -2.16. The minimum absolute atomic E-state index is 0.488. The second-order valence-electron chi connectivity index (χ2n) is 5.40. The topological polar surface area (TPSA) is 24.1 Å². The SMILES string of the molecule is Cc1ccc(Br)cc1CNC(C)CNCC(C)C. The van der Waals surface area contributed by atoms with Crippen molar-refractivity contribution in [1.82, 2.24) is 10.6 Å². The summed E-state index contributed by atoms with van der Waals surface area (Å²) in [6, 6.07) is 6.92. The zero-order chi connectivity index (χ0) is 13.5. The quantitative estimate of drug-likeness (QED) is 0.805. The van der Waals surface area contributed by atoms with Gasteiger partial charge in [0.25, 0.3) is 0 Å². The Labute approximate surface area is 120 Å². The molecular weight excluding hydrogens is 288 g/mol. The molecule has 0 aliphatic rings. The van der Waals surface area contributed by atoms with Gasteiger partial charge in [0, 0.05) is 23.6 Å². The predicted molar refractivity (Wildman–Crippen MR) is 82.9 cm³/mol. The van der Waals surface area contributed by atoms with Gasteiger partial charge in [-0.05, 0) is 49.6 Å². The molecule has 0 aliphatic carbocycles. The number of rotatable bonds is 7. The maximum atomic E-state index is 3.56. The second-order valence-corrected chi connectivity index (χ2v) is 6.32. The van der Waals surface area contributed by atoms with E-state index in [1.807, 2.05) is 0 Å². The molecule has 0 heterocycles. The fourth-order valence-electron chi connectivity index (χ4n) is 1.78. The maximum Gasteiger partial charge on any atom is 0.0211 e. The molecule has 0 amide bonds. The van der Waals surface area contributed by atoms with Crippen molar-refractivity contribution in [3.8, 4) is 0 Å². The zero-order valence-corrected chi connectivity index (χ0v) is 13.5. The predicted octanol–water partition coefficient (Wildman–Crippen LogP) is 3.48. The van der Waals surface area contributed by atoms with E-state index in [-0.39, 0.29) is 0 Å². The number of halogens is 1. The van der Waals surface area contributed by atoms with Gasteiger partial charge in [-0.25, -0.2) is 0 Å². The molecule has 1 aromatic rings. The van der Waals surface area contributed by atoms with Crippen molar-refractivity contribution in [3.05, 3.63) is 33.8 Å². The Bertz CT molecular complexity index is 364. The van der Waals surface area contributed by atoms with Crippen molar-refractivity contribution < 1.29 is 0 Å². The van der Waals surface area contributed by atoms with Gasteiger partial charge in [-0.15, -0.1) is 0 Å². The first-order valence-corrected chi connectivity index (χ1v) is 7.47. The first-order chi connectivity index (χ1) is 8.49. The largest absolute Gasteiger partial charge is 0.315 e. The van der Waals surface area contributed by atoms with E-state index in [0.717, 1.165) is 24.1 Å². The van der Waals surface area contributed by atoms with Crippen LogP contribution < -0.4 is 10.6 Å². The van der Waals surface area contributed by atoms with Crippen LogP contribution in [0.15, 0.2) is 22.7 Å². The van der Waals surface area contributed by atoms with Crippen molar-refractivity contribution >= 4 is 15.9 Å². The third-order valence-electron chi connectivity index (χ3n) is 2.96. The van der Waals surface area contributed by atoms with Crippen LogP contribution in [-0.2, 0) is 6.54 Å². The molecule has 1 unspecified atom stereocenters. The molecule has 0 spiro atoms. The minimum atomic E-state index is 0.488. The van der Waals surface area contributed by atoms with E-state index in [0.29, 0.717) is 12.0 Å². The van der Waals surface area contributed by atoms with Crippen LogP contribution in [-0.4, -0.2) is 19.1 Å². The van der Waals surface area contributed by atoms with E-state index in [1.54, 1.807) is 0 Å². The van der Waals surface area contributed by atoms with Gasteiger partial charge in [-0.2, -0.15) is 0 Å². The highest BCUT2D eigenvalue weighted by Gasteiger charge is 2.04. The Balaban J connectivity index is 2.33. The molecule has 102 valence electrons. The van der Waals surface area contributed by atoms with Gasteiger partial charge in [0.05, 0.1) is 0 Å². The van der Waals surface area contributed by atoms with Crippen LogP contribution in [0.5, 0.6) is 0 Å². The van der Waals surface area contributed by atoms with E-state index < -0.39 is 0 Å². The van der Waals surface area contributed by atoms with Crippen molar-refractivity contribution in [1.29, 1.82) is 0 Å². The maximum absolute atomic E-state index is 3.56. The number of nitrogens with one attached hydrogen (secondary N) is 2. The van der Waals surface area contributed by atoms with Crippen LogP contribution in [0.25, 0.3) is 0 Å². The summed E-state index contributed by atoms with van der Waals surface area (Å²) in [5, 5.41) is 7.03. The van der Waals surface area contributed by atoms with Crippen LogP contribution in [0, 0.1) is 12.8 Å². The van der Waals surface area contributed by atoms with Crippen LogP contribution in [0.2, 0.25) is 0 Å². The number of aryl methyl sites for hydroxylation is 1. The van der Waals surface area contributed by atoms with E-state index in [2.05, 4.69) is 72.5 Å². The lowest BCUT2D eigenvalue weighted by atomic mass is 10.1. The zero-order valence-electron chi connectivity index (χ0n) is 11.9. The average Bonchev–Trinajstić information content (AvgIpc) is 2.30. The summed E-state index contributed by atoms with van der Waals surface area (Å²) >= 11 is 3.52. The summed E-state index contributed by atoms with van der Waals surface area (Å²) in [6.45, 7) is 11.9. The van der Waals surface area contributed by atoms with Crippen molar-refractivity contribution in [2.45, 2.75) is 40.3 Å². The minimum Gasteiger partial charge on any atom is -0.315 e. The van der Waals surface area contributed by atoms with Crippen LogP contribution in [0.1, 0.15) is 31.9 Å². The Morgan fingerprint density at radius 1 is 1.17 bits per heavy atom. The van der Waals surface area contributed by atoms with E-state index in [1.165, 1.54) is 11.1 Å². The standard InChI is InChI=1S/C15H25BrN2/c1-11(2)8-17-9-13(4)18-10-14-7-15(16)6-5-12(14)3/h5-7,11,13,17-18H,8-10H2,1-4H3. The Hall–Kier alpha value is -0.380. The third kappa shape index (κ3) is 5.98. The van der Waals surface area contributed by atoms with Gasteiger partial charge in [-0.3, -0.25) is 0 Å². The molecule has 18 heavy (non-hydrogen) atoms. The third-order valence-corrected chi connectivity index (χ3v) is 3.45. The van der Waals surface area contributed by atoms with E-state index in [4.69, 9.17) is 0 Å². The lowest BCUT2D eigenvalue weighted by molar-refractivity contribution is 0.472. The lowest BCUT2D eigenvalue weighted by Crippen LogP contribution is -2.37. The van der Waals surface area contributed by atoms with Gasteiger partial charge in [0.15, 0.2) is 0 Å². The van der Waals surface area contributed by atoms with E-state index >= 15 is 0 Å². The average molecular weight is 313 g/mol. The van der Waals surface area contributed by atoms with E-state index in [9.17, 15) is 0 Å². The molecule has 2 nitrogen and oxygen atoms in total. The van der Waals surface area contributed by atoms with Crippen LogP contribution in [0.4, 0.5) is 0 Å². The van der Waals surface area contributed by atoms with Gasteiger partial charge in [0.1, 0.15) is 0 Å². The molecule has 1 aromatic carbocycles. The molecule has 0 radical (unpaired) electrons. The molecule has 3 heteroatoms. The first kappa shape index (κ1) is 15.7. The van der Waals surface area contributed by atoms with Crippen LogP contribution >= 0.6 is 15.9 Å². The molecule has 0 bridgehead atoms. The summed E-state index contributed by atoms with van der Waals surface area (Å²) in [4.78, 5) is 0. The first-order valence-electron chi connectivity index (χ1n) is 6.68. The summed E-state index contributed by atoms with van der Waals surface area (Å²) in [7, 11) is 0. The highest BCUT2D eigenvalue weighted by Crippen LogP contribution is 2.15. The molecule has 0 saturated carbocycles. The molecule has 1 atom stereocenters. The highest BCUT2D eigenvalue weighted by atomic mass is 79.9. The summed E-state index contributed by atoms with van der Waals surface area (Å²) in [6.07, 6.45) is 0. The Morgan fingerprint density at radius 3 is 2.56 bits per heavy atom. The molecule has 0 fully saturated rings. The van der Waals surface area contributed by atoms with Gasteiger partial charge in [0.2, 0.25) is 0 Å². The number of hydrogen-bond donors (Lipinski definition) is 2. The molecule has 2 N–H and O–H groups in total. The molecule has 0 aliphatic heterocycles. The Morgan fingerprint density at radius 2 is 1.89 bits per heavy atom. The molecule has 0 saturated heterocycles. The fraction of sp³-hybridized carbons (Fsp3) is 0.600. The Kier molecular flexibility index (Phi) is 6.90. The second kappa shape index (κ2) is 7.93. The molecular formula is C15H25BrN2. The molecule has 1 rings (SSSR count). The van der Waals surface area contributed by atoms with Crippen LogP contribution in [0.3, 0.4) is 0 Å². The normalized spacial score (nSPS) is 13.0. The smallest absolute Gasteiger partial charge is 0.0211 e. The number of hydrogen-bond acceptors (Lipinski definition) is 2. The summed E-state index contributed by atoms with van der Waals surface area (Å²) < 4.78 is 1.15. The fourth-order valence-corrected chi connectivity index (χ4v) is 2.18. The summed E-state index contributed by atoms with van der Waals surface area (Å²) in [5.41, 5.74) is 2.70. The van der Waals surface area contributed by atoms with Gasteiger partial charge < -0.3 is 10.6 Å². The van der Waals surface area contributed by atoms with Gasteiger partial charge in [-0.1, -0.05) is 35.8 Å². The summed E-state index contributed by atoms with van der Waals surface area (Å²) in [5.74, 6) is 0.713. The van der Waals surface area contributed by atoms with Crippen molar-refractivity contribution in [3.63, 3.8) is 0 Å². The van der Waals surface area contributed by atoms with Crippen molar-refractivity contribution in [2.75, 3.05) is 13.1 Å². The number of benzene rings is 1. The monoisotopic (exact) mass is 312 g/mol. The van der Waals surface area contributed by atoms with Crippen molar-refractivity contribution in [2.24, 2.45) is 5.92 Å².